The Kier molecular flexibility index (Phi) is 4.63. The Labute approximate surface area is 103 Å². The van der Waals surface area contributed by atoms with Crippen LogP contribution < -0.4 is 5.14 Å². The number of carbonyl (C=O) groups is 1. The van der Waals surface area contributed by atoms with Crippen molar-refractivity contribution in [2.75, 3.05) is 20.3 Å². The van der Waals surface area contributed by atoms with Gasteiger partial charge in [-0.15, -0.1) is 11.3 Å². The summed E-state index contributed by atoms with van der Waals surface area (Å²) in [6.45, 7) is 1.93. The second-order valence-electron chi connectivity index (χ2n) is 3.24. The number of primary sulfonamides is 1. The molecule has 17 heavy (non-hydrogen) atoms. The minimum atomic E-state index is -3.79. The van der Waals surface area contributed by atoms with Crippen LogP contribution in [0.5, 0.6) is 0 Å². The molecule has 1 rings (SSSR count). The third-order valence-corrected chi connectivity index (χ3v) is 4.68. The Bertz CT molecular complexity index is 505. The van der Waals surface area contributed by atoms with Crippen LogP contribution >= 0.6 is 11.3 Å². The van der Waals surface area contributed by atoms with Crippen LogP contribution in [0.3, 0.4) is 0 Å². The second kappa shape index (κ2) is 5.58. The van der Waals surface area contributed by atoms with Crippen LogP contribution in [0, 0.1) is 6.92 Å². The average Bonchev–Trinajstić information content (AvgIpc) is 2.59. The Morgan fingerprint density at radius 1 is 1.47 bits per heavy atom. The number of nitrogens with two attached hydrogens (primary N) is 1. The molecule has 0 spiro atoms. The van der Waals surface area contributed by atoms with Gasteiger partial charge in [0.2, 0.25) is 10.0 Å². The van der Waals surface area contributed by atoms with Crippen LogP contribution in [0.15, 0.2) is 9.59 Å². The molecule has 0 saturated heterocycles. The quantitative estimate of drug-likeness (QED) is 0.625. The molecule has 8 heteroatoms. The molecule has 2 N–H and O–H groups in total. The molecule has 0 fully saturated rings. The van der Waals surface area contributed by atoms with Gasteiger partial charge >= 0.3 is 5.97 Å². The standard InChI is InChI=1S/C9H13NO5S2/c1-6-7(8(11)15-4-3-14-2)5-16-9(6)17(10,12)13/h5H,3-4H2,1-2H3,(H2,10,12,13). The molecule has 6 nitrogen and oxygen atoms in total. The van der Waals surface area contributed by atoms with Crippen molar-refractivity contribution in [1.29, 1.82) is 0 Å². The van der Waals surface area contributed by atoms with E-state index in [2.05, 4.69) is 0 Å². The highest BCUT2D eigenvalue weighted by molar-refractivity contribution is 7.91. The number of esters is 1. The van der Waals surface area contributed by atoms with E-state index >= 15 is 0 Å². The number of sulfonamides is 1. The molecule has 0 unspecified atom stereocenters. The number of methoxy groups -OCH3 is 1. The van der Waals surface area contributed by atoms with E-state index in [-0.39, 0.29) is 23.0 Å². The molecule has 0 aliphatic heterocycles. The summed E-state index contributed by atoms with van der Waals surface area (Å²) in [5.41, 5.74) is 0.537. The summed E-state index contributed by atoms with van der Waals surface area (Å²) >= 11 is 0.906. The molecule has 0 aliphatic rings. The zero-order valence-corrected chi connectivity index (χ0v) is 11.1. The van der Waals surface area contributed by atoms with Gasteiger partial charge in [-0.25, -0.2) is 18.4 Å². The van der Waals surface area contributed by atoms with E-state index in [4.69, 9.17) is 14.6 Å². The molecule has 1 aromatic heterocycles. The van der Waals surface area contributed by atoms with Crippen molar-refractivity contribution < 1.29 is 22.7 Å². The van der Waals surface area contributed by atoms with E-state index in [0.29, 0.717) is 5.56 Å². The first-order valence-electron chi connectivity index (χ1n) is 4.65. The number of thiophene rings is 1. The molecule has 0 saturated carbocycles. The topological polar surface area (TPSA) is 95.7 Å². The van der Waals surface area contributed by atoms with Crippen molar-refractivity contribution >= 4 is 27.3 Å². The lowest BCUT2D eigenvalue weighted by atomic mass is 10.2. The predicted molar refractivity (Wildman–Crippen MR) is 62.6 cm³/mol. The molecule has 1 aromatic rings. The van der Waals surface area contributed by atoms with Gasteiger partial charge in [-0.05, 0) is 12.5 Å². The average molecular weight is 279 g/mol. The highest BCUT2D eigenvalue weighted by atomic mass is 32.2. The fourth-order valence-corrected chi connectivity index (χ4v) is 3.18. The SMILES string of the molecule is COCCOC(=O)c1csc(S(N)(=O)=O)c1C. The van der Waals surface area contributed by atoms with E-state index in [1.807, 2.05) is 0 Å². The van der Waals surface area contributed by atoms with Crippen molar-refractivity contribution in [3.63, 3.8) is 0 Å². The Morgan fingerprint density at radius 3 is 2.59 bits per heavy atom. The summed E-state index contributed by atoms with van der Waals surface area (Å²) in [7, 11) is -2.30. The third-order valence-electron chi connectivity index (χ3n) is 1.99. The van der Waals surface area contributed by atoms with Crippen LogP contribution in [0.2, 0.25) is 0 Å². The van der Waals surface area contributed by atoms with E-state index < -0.39 is 16.0 Å². The summed E-state index contributed by atoms with van der Waals surface area (Å²) in [4.78, 5) is 11.6. The largest absolute Gasteiger partial charge is 0.460 e. The molecule has 0 aromatic carbocycles. The Hall–Kier alpha value is -0.960. The van der Waals surface area contributed by atoms with E-state index in [1.165, 1.54) is 19.4 Å². The first-order valence-corrected chi connectivity index (χ1v) is 7.07. The lowest BCUT2D eigenvalue weighted by Gasteiger charge is -2.03. The van der Waals surface area contributed by atoms with E-state index in [0.717, 1.165) is 11.3 Å². The van der Waals surface area contributed by atoms with Gasteiger partial charge in [-0.1, -0.05) is 0 Å². The highest BCUT2D eigenvalue weighted by Gasteiger charge is 2.21. The zero-order chi connectivity index (χ0) is 13.1. The van der Waals surface area contributed by atoms with Gasteiger partial charge < -0.3 is 9.47 Å². The summed E-state index contributed by atoms with van der Waals surface area (Å²) in [5, 5.41) is 6.42. The van der Waals surface area contributed by atoms with Crippen molar-refractivity contribution in [1.82, 2.24) is 0 Å². The monoisotopic (exact) mass is 279 g/mol. The first kappa shape index (κ1) is 14.1. The maximum absolute atomic E-state index is 11.6. The summed E-state index contributed by atoms with van der Waals surface area (Å²) < 4.78 is 31.9. The zero-order valence-electron chi connectivity index (χ0n) is 9.43. The molecular weight excluding hydrogens is 266 g/mol. The second-order valence-corrected chi connectivity index (χ2v) is 5.87. The van der Waals surface area contributed by atoms with Crippen LogP contribution in [-0.2, 0) is 19.5 Å². The highest BCUT2D eigenvalue weighted by Crippen LogP contribution is 2.25. The summed E-state index contributed by atoms with van der Waals surface area (Å²) in [6, 6.07) is 0. The van der Waals surface area contributed by atoms with Gasteiger partial charge in [-0.2, -0.15) is 0 Å². The van der Waals surface area contributed by atoms with Crippen LogP contribution in [-0.4, -0.2) is 34.7 Å². The van der Waals surface area contributed by atoms with Crippen LogP contribution in [0.4, 0.5) is 0 Å². The molecule has 96 valence electrons. The molecule has 0 amide bonds. The molecule has 0 radical (unpaired) electrons. The minimum absolute atomic E-state index is 0.0174. The number of rotatable bonds is 5. The number of carbonyl (C=O) groups excluding carboxylic acids is 1. The van der Waals surface area contributed by atoms with Crippen LogP contribution in [0.1, 0.15) is 15.9 Å². The Balaban J connectivity index is 2.87. The van der Waals surface area contributed by atoms with Gasteiger partial charge in [0, 0.05) is 12.5 Å². The molecule has 0 atom stereocenters. The fraction of sp³-hybridized carbons (Fsp3) is 0.444. The van der Waals surface area contributed by atoms with Gasteiger partial charge in [0.15, 0.2) is 0 Å². The van der Waals surface area contributed by atoms with E-state index in [1.54, 1.807) is 0 Å². The molecular formula is C9H13NO5S2. The van der Waals surface area contributed by atoms with E-state index in [9.17, 15) is 13.2 Å². The summed E-state index contributed by atoms with van der Waals surface area (Å²) in [6.07, 6.45) is 0. The van der Waals surface area contributed by atoms with Gasteiger partial charge in [0.1, 0.15) is 10.8 Å². The van der Waals surface area contributed by atoms with Crippen LogP contribution in [0.25, 0.3) is 0 Å². The van der Waals surface area contributed by atoms with Crippen molar-refractivity contribution in [2.24, 2.45) is 5.14 Å². The normalized spacial score (nSPS) is 11.5. The number of ether oxygens (including phenoxy) is 2. The maximum Gasteiger partial charge on any atom is 0.339 e. The number of hydrogen-bond acceptors (Lipinski definition) is 6. The maximum atomic E-state index is 11.6. The van der Waals surface area contributed by atoms with Crippen molar-refractivity contribution in [2.45, 2.75) is 11.1 Å². The van der Waals surface area contributed by atoms with Gasteiger partial charge in [0.25, 0.3) is 0 Å². The fourth-order valence-electron chi connectivity index (χ4n) is 1.18. The first-order chi connectivity index (χ1) is 7.88. The number of hydrogen-bond donors (Lipinski definition) is 1. The molecule has 0 bridgehead atoms. The van der Waals surface area contributed by atoms with Gasteiger partial charge in [-0.3, -0.25) is 0 Å². The molecule has 0 aliphatic carbocycles. The third kappa shape index (κ3) is 3.50. The van der Waals surface area contributed by atoms with Crippen molar-refractivity contribution in [3.8, 4) is 0 Å². The molecule has 1 heterocycles. The van der Waals surface area contributed by atoms with Gasteiger partial charge in [0.05, 0.1) is 12.2 Å². The smallest absolute Gasteiger partial charge is 0.339 e. The Morgan fingerprint density at radius 2 is 2.12 bits per heavy atom. The lowest BCUT2D eigenvalue weighted by Crippen LogP contribution is -2.13. The summed E-state index contributed by atoms with van der Waals surface area (Å²) in [5.74, 6) is -0.578. The predicted octanol–water partition coefficient (Wildman–Crippen LogP) is 0.507. The lowest BCUT2D eigenvalue weighted by molar-refractivity contribution is 0.0388. The van der Waals surface area contributed by atoms with Crippen molar-refractivity contribution in [3.05, 3.63) is 16.5 Å². The minimum Gasteiger partial charge on any atom is -0.460 e.